The van der Waals surface area contributed by atoms with E-state index in [2.05, 4.69) is 9.97 Å². The number of carbonyl (C=O) groups is 4. The van der Waals surface area contributed by atoms with Crippen molar-refractivity contribution < 1.29 is 19.2 Å². The number of anilines is 2. The van der Waals surface area contributed by atoms with E-state index in [0.717, 1.165) is 9.80 Å². The van der Waals surface area contributed by atoms with E-state index in [9.17, 15) is 19.2 Å². The Balaban J connectivity index is 1.44. The van der Waals surface area contributed by atoms with Crippen molar-refractivity contribution in [2.75, 3.05) is 9.80 Å². The van der Waals surface area contributed by atoms with E-state index in [0.29, 0.717) is 10.3 Å². The number of thiazole rings is 2. The summed E-state index contributed by atoms with van der Waals surface area (Å²) < 4.78 is 0. The summed E-state index contributed by atoms with van der Waals surface area (Å²) in [4.78, 5) is 63.1. The van der Waals surface area contributed by atoms with Crippen LogP contribution < -0.4 is 9.80 Å². The molecule has 2 aromatic rings. The van der Waals surface area contributed by atoms with Gasteiger partial charge in [-0.1, -0.05) is 12.2 Å². The number of hydrogen-bond donors (Lipinski definition) is 0. The molecule has 0 spiro atoms. The zero-order valence-corrected chi connectivity index (χ0v) is 15.8. The van der Waals surface area contributed by atoms with Gasteiger partial charge >= 0.3 is 0 Å². The number of hydrogen-bond acceptors (Lipinski definition) is 8. The van der Waals surface area contributed by atoms with Gasteiger partial charge in [0.2, 0.25) is 23.6 Å². The number of amides is 4. The van der Waals surface area contributed by atoms with Crippen LogP contribution in [0.15, 0.2) is 35.3 Å². The lowest BCUT2D eigenvalue weighted by Gasteiger charge is -2.44. The van der Waals surface area contributed by atoms with Crippen LogP contribution >= 0.6 is 22.7 Å². The van der Waals surface area contributed by atoms with Crippen LogP contribution in [0.25, 0.3) is 0 Å². The third-order valence-electron chi connectivity index (χ3n) is 6.23. The highest BCUT2D eigenvalue weighted by molar-refractivity contribution is 7.14. The van der Waals surface area contributed by atoms with Gasteiger partial charge in [-0.05, 0) is 0 Å². The second-order valence-corrected chi connectivity index (χ2v) is 9.04. The van der Waals surface area contributed by atoms with Crippen LogP contribution in [0.4, 0.5) is 10.3 Å². The van der Waals surface area contributed by atoms with E-state index in [1.807, 2.05) is 12.2 Å². The number of aromatic nitrogens is 2. The van der Waals surface area contributed by atoms with Crippen LogP contribution in [0.1, 0.15) is 0 Å². The summed E-state index contributed by atoms with van der Waals surface area (Å²) in [6.07, 6.45) is 6.78. The fourth-order valence-electron chi connectivity index (χ4n) is 5.26. The van der Waals surface area contributed by atoms with Crippen molar-refractivity contribution in [3.63, 3.8) is 0 Å². The molecule has 7 rings (SSSR count). The van der Waals surface area contributed by atoms with E-state index >= 15 is 0 Å². The molecule has 10 heteroatoms. The van der Waals surface area contributed by atoms with Crippen molar-refractivity contribution in [1.82, 2.24) is 9.97 Å². The number of carbonyl (C=O) groups excluding carboxylic acids is 4. The van der Waals surface area contributed by atoms with Crippen molar-refractivity contribution in [1.29, 1.82) is 0 Å². The van der Waals surface area contributed by atoms with Gasteiger partial charge in [-0.25, -0.2) is 19.8 Å². The number of allylic oxidation sites excluding steroid dienone is 2. The topological polar surface area (TPSA) is 101 Å². The zero-order chi connectivity index (χ0) is 19.2. The first kappa shape index (κ1) is 16.3. The molecule has 8 nitrogen and oxygen atoms in total. The minimum atomic E-state index is -0.624. The highest BCUT2D eigenvalue weighted by Gasteiger charge is 2.69. The normalized spacial score (nSPS) is 35.9. The Labute approximate surface area is 166 Å². The van der Waals surface area contributed by atoms with Gasteiger partial charge in [0.25, 0.3) is 0 Å². The molecular formula is C18H12N4O4S2. The average molecular weight is 412 g/mol. The third kappa shape index (κ3) is 1.79. The molecule has 2 saturated heterocycles. The summed E-state index contributed by atoms with van der Waals surface area (Å²) in [6, 6.07) is 0. The molecule has 2 bridgehead atoms. The maximum Gasteiger partial charge on any atom is 0.240 e. The van der Waals surface area contributed by atoms with Crippen LogP contribution in [0.2, 0.25) is 0 Å². The SMILES string of the molecule is O=C1[C@@H]2C3C=CC([C@H]4C(=O)N(c5nccs5)C(=O)[C@@H]34)[C@@H]2C(=O)N1c1nccs1. The summed E-state index contributed by atoms with van der Waals surface area (Å²) in [5.41, 5.74) is 0. The van der Waals surface area contributed by atoms with Gasteiger partial charge in [-0.2, -0.15) is 0 Å². The Morgan fingerprint density at radius 3 is 1.29 bits per heavy atom. The highest BCUT2D eigenvalue weighted by Crippen LogP contribution is 2.58. The molecule has 0 radical (unpaired) electrons. The summed E-state index contributed by atoms with van der Waals surface area (Å²) in [7, 11) is 0. The van der Waals surface area contributed by atoms with E-state index in [1.54, 1.807) is 23.2 Å². The van der Waals surface area contributed by atoms with Gasteiger partial charge in [0, 0.05) is 35.0 Å². The van der Waals surface area contributed by atoms with E-state index in [1.165, 1.54) is 22.7 Å². The van der Waals surface area contributed by atoms with Gasteiger partial charge in [0.15, 0.2) is 10.3 Å². The predicted molar refractivity (Wildman–Crippen MR) is 99.3 cm³/mol. The molecule has 2 aromatic heterocycles. The van der Waals surface area contributed by atoms with Gasteiger partial charge in [0.1, 0.15) is 0 Å². The second kappa shape index (κ2) is 5.42. The van der Waals surface area contributed by atoms with Crippen LogP contribution in [-0.4, -0.2) is 33.6 Å². The van der Waals surface area contributed by atoms with Gasteiger partial charge in [-0.15, -0.1) is 22.7 Å². The minimum absolute atomic E-state index is 0.323. The summed E-state index contributed by atoms with van der Waals surface area (Å²) >= 11 is 2.44. The number of imide groups is 2. The molecule has 5 aliphatic rings. The molecule has 28 heavy (non-hydrogen) atoms. The maximum atomic E-state index is 13.1. The first-order chi connectivity index (χ1) is 13.6. The van der Waals surface area contributed by atoms with Crippen LogP contribution in [0, 0.1) is 35.5 Å². The van der Waals surface area contributed by atoms with Crippen molar-refractivity contribution in [3.05, 3.63) is 35.3 Å². The number of nitrogens with zero attached hydrogens (tertiary/aromatic N) is 4. The van der Waals surface area contributed by atoms with Crippen molar-refractivity contribution in [2.24, 2.45) is 35.5 Å². The van der Waals surface area contributed by atoms with Gasteiger partial charge in [0.05, 0.1) is 23.7 Å². The molecule has 6 atom stereocenters. The fraction of sp³-hybridized carbons (Fsp3) is 0.333. The van der Waals surface area contributed by atoms with Crippen molar-refractivity contribution in [2.45, 2.75) is 0 Å². The lowest BCUT2D eigenvalue weighted by atomic mass is 9.54. The Hall–Kier alpha value is -2.72. The summed E-state index contributed by atoms with van der Waals surface area (Å²) in [6.45, 7) is 0. The molecule has 3 fully saturated rings. The quantitative estimate of drug-likeness (QED) is 0.545. The summed E-state index contributed by atoms with van der Waals surface area (Å²) in [5, 5.41) is 4.10. The molecular weight excluding hydrogens is 400 g/mol. The van der Waals surface area contributed by atoms with Crippen molar-refractivity contribution >= 4 is 56.6 Å². The lowest BCUT2D eigenvalue weighted by molar-refractivity contribution is -0.137. The molecule has 0 aromatic carbocycles. The minimum Gasteiger partial charge on any atom is -0.274 e. The first-order valence-electron chi connectivity index (χ1n) is 8.82. The zero-order valence-electron chi connectivity index (χ0n) is 14.2. The van der Waals surface area contributed by atoms with E-state index in [4.69, 9.17) is 0 Å². The van der Waals surface area contributed by atoms with Crippen LogP contribution in [0.3, 0.4) is 0 Å². The maximum absolute atomic E-state index is 13.1. The molecule has 140 valence electrons. The molecule has 0 N–H and O–H groups in total. The Morgan fingerprint density at radius 2 is 1.00 bits per heavy atom. The van der Waals surface area contributed by atoms with Crippen LogP contribution in [0.5, 0.6) is 0 Å². The standard InChI is InChI=1S/C18H12N4O4S2/c23-13-9-7-1-2-8(11(9)15(25)21(13)17-19-3-5-27-17)12-10(7)14(24)22(16(12)26)18-20-4-6-28-18/h1-12H/t7?,8?,9-,10+,11+,12-. The van der Waals surface area contributed by atoms with Crippen molar-refractivity contribution in [3.8, 4) is 0 Å². The molecule has 4 heterocycles. The smallest absolute Gasteiger partial charge is 0.240 e. The Bertz CT molecular complexity index is 935. The Morgan fingerprint density at radius 1 is 0.643 bits per heavy atom. The summed E-state index contributed by atoms with van der Waals surface area (Å²) in [5.74, 6) is -4.73. The van der Waals surface area contributed by atoms with E-state index in [-0.39, 0.29) is 23.6 Å². The van der Waals surface area contributed by atoms with E-state index < -0.39 is 35.5 Å². The highest BCUT2D eigenvalue weighted by atomic mass is 32.1. The lowest BCUT2D eigenvalue weighted by Crippen LogP contribution is -2.50. The molecule has 4 amide bonds. The van der Waals surface area contributed by atoms with Gasteiger partial charge in [-0.3, -0.25) is 19.2 Å². The van der Waals surface area contributed by atoms with Crippen LogP contribution in [-0.2, 0) is 19.2 Å². The largest absolute Gasteiger partial charge is 0.274 e. The Kier molecular flexibility index (Phi) is 3.15. The predicted octanol–water partition coefficient (Wildman–Crippen LogP) is 1.33. The molecule has 1 saturated carbocycles. The third-order valence-corrected chi connectivity index (χ3v) is 7.74. The molecule has 2 unspecified atom stereocenters. The second-order valence-electron chi connectivity index (χ2n) is 7.30. The molecule has 2 aliphatic heterocycles. The molecule has 3 aliphatic carbocycles. The first-order valence-corrected chi connectivity index (χ1v) is 10.6. The fourth-order valence-corrected chi connectivity index (χ4v) is 6.56. The number of rotatable bonds is 2. The monoisotopic (exact) mass is 412 g/mol. The van der Waals surface area contributed by atoms with Gasteiger partial charge < -0.3 is 0 Å². The average Bonchev–Trinajstić information content (AvgIpc) is 3.46.